The smallest absolute Gasteiger partial charge is 0.233 e. The van der Waals surface area contributed by atoms with Gasteiger partial charge in [0.25, 0.3) is 0 Å². The zero-order valence-corrected chi connectivity index (χ0v) is 14.9. The van der Waals surface area contributed by atoms with E-state index in [4.69, 9.17) is 4.74 Å². The second kappa shape index (κ2) is 9.34. The van der Waals surface area contributed by atoms with Crippen LogP contribution in [0.15, 0.2) is 23.6 Å². The van der Waals surface area contributed by atoms with Crippen LogP contribution in [-0.4, -0.2) is 76.9 Å². The van der Waals surface area contributed by atoms with E-state index in [2.05, 4.69) is 14.9 Å². The second-order valence-electron chi connectivity index (χ2n) is 6.37. The molecule has 1 unspecified atom stereocenters. The zero-order chi connectivity index (χ0) is 16.6. The molecule has 1 atom stereocenters. The maximum atomic E-state index is 12.5. The largest absolute Gasteiger partial charge is 0.375 e. The Morgan fingerprint density at radius 2 is 1.96 bits per heavy atom. The highest BCUT2D eigenvalue weighted by Gasteiger charge is 2.25. The molecule has 0 spiro atoms. The number of nitrogens with zero attached hydrogens (tertiary/aromatic N) is 4. The molecule has 2 fully saturated rings. The number of piperidine rings is 1. The molecule has 3 heterocycles. The first-order chi connectivity index (χ1) is 11.8. The van der Waals surface area contributed by atoms with Crippen molar-refractivity contribution in [2.45, 2.75) is 36.9 Å². The Kier molecular flexibility index (Phi) is 6.86. The third kappa shape index (κ3) is 5.43. The summed E-state index contributed by atoms with van der Waals surface area (Å²) in [5, 5.41) is 0.654. The molecule has 1 aromatic rings. The van der Waals surface area contributed by atoms with E-state index in [1.165, 1.54) is 31.0 Å². The summed E-state index contributed by atoms with van der Waals surface area (Å²) in [5.41, 5.74) is 0. The molecule has 1 aromatic heterocycles. The van der Waals surface area contributed by atoms with E-state index in [0.717, 1.165) is 39.2 Å². The molecule has 0 bridgehead atoms. The van der Waals surface area contributed by atoms with Crippen LogP contribution in [0.2, 0.25) is 0 Å². The lowest BCUT2D eigenvalue weighted by Crippen LogP contribution is -2.44. The molecule has 7 heteroatoms. The van der Waals surface area contributed by atoms with Gasteiger partial charge in [0.15, 0.2) is 5.16 Å². The van der Waals surface area contributed by atoms with Crippen molar-refractivity contribution in [1.29, 1.82) is 0 Å². The van der Waals surface area contributed by atoms with Crippen molar-refractivity contribution in [2.75, 3.05) is 45.1 Å². The number of likely N-dealkylation sites (tertiary alicyclic amines) is 1. The van der Waals surface area contributed by atoms with Crippen molar-refractivity contribution in [3.8, 4) is 0 Å². The third-order valence-corrected chi connectivity index (χ3v) is 5.34. The Bertz CT molecular complexity index is 511. The lowest BCUT2D eigenvalue weighted by Gasteiger charge is -2.31. The average Bonchev–Trinajstić information content (AvgIpc) is 2.87. The molecule has 6 nitrogen and oxygen atoms in total. The van der Waals surface area contributed by atoms with Crippen molar-refractivity contribution in [3.63, 3.8) is 0 Å². The molecule has 2 aliphatic rings. The number of aromatic nitrogens is 2. The van der Waals surface area contributed by atoms with Crippen molar-refractivity contribution in [1.82, 2.24) is 19.8 Å². The van der Waals surface area contributed by atoms with Gasteiger partial charge in [-0.2, -0.15) is 0 Å². The fraction of sp³-hybridized carbons (Fsp3) is 0.706. The standard InChI is InChI=1S/C17H26N4O2S/c22-16(14-24-17-18-6-4-7-19-17)21-10-5-11-23-15(13-21)12-20-8-2-1-3-9-20/h4,6-7,15H,1-3,5,8-14H2. The molecule has 24 heavy (non-hydrogen) atoms. The van der Waals surface area contributed by atoms with E-state index in [1.54, 1.807) is 18.5 Å². The predicted octanol–water partition coefficient (Wildman–Crippen LogP) is 1.67. The van der Waals surface area contributed by atoms with Crippen LogP contribution in [0.3, 0.4) is 0 Å². The first-order valence-corrected chi connectivity index (χ1v) is 9.81. The number of hydrogen-bond donors (Lipinski definition) is 0. The van der Waals surface area contributed by atoms with Gasteiger partial charge in [0, 0.05) is 38.6 Å². The summed E-state index contributed by atoms with van der Waals surface area (Å²) in [5.74, 6) is 0.544. The van der Waals surface area contributed by atoms with Gasteiger partial charge in [0.1, 0.15) is 0 Å². The number of thioether (sulfide) groups is 1. The molecule has 3 rings (SSSR count). The molecule has 1 amide bonds. The zero-order valence-electron chi connectivity index (χ0n) is 14.1. The first kappa shape index (κ1) is 17.6. The van der Waals surface area contributed by atoms with E-state index in [1.807, 2.05) is 4.90 Å². The Balaban J connectivity index is 1.49. The first-order valence-electron chi connectivity index (χ1n) is 8.83. The maximum Gasteiger partial charge on any atom is 0.233 e. The van der Waals surface area contributed by atoms with Gasteiger partial charge in [-0.15, -0.1) is 0 Å². The number of carbonyl (C=O) groups excluding carboxylic acids is 1. The van der Waals surface area contributed by atoms with E-state index in [0.29, 0.717) is 17.5 Å². The Labute approximate surface area is 148 Å². The van der Waals surface area contributed by atoms with E-state index >= 15 is 0 Å². The monoisotopic (exact) mass is 350 g/mol. The van der Waals surface area contributed by atoms with Crippen molar-refractivity contribution in [3.05, 3.63) is 18.5 Å². The number of carbonyl (C=O) groups is 1. The summed E-state index contributed by atoms with van der Waals surface area (Å²) in [6, 6.07) is 1.78. The minimum atomic E-state index is 0.132. The third-order valence-electron chi connectivity index (χ3n) is 4.48. The van der Waals surface area contributed by atoms with E-state index in [9.17, 15) is 4.79 Å². The summed E-state index contributed by atoms with van der Waals surface area (Å²) < 4.78 is 5.98. The lowest BCUT2D eigenvalue weighted by molar-refractivity contribution is -0.129. The van der Waals surface area contributed by atoms with Crippen molar-refractivity contribution < 1.29 is 9.53 Å². The minimum Gasteiger partial charge on any atom is -0.375 e. The van der Waals surface area contributed by atoms with Crippen LogP contribution in [0.25, 0.3) is 0 Å². The average molecular weight is 350 g/mol. The molecule has 0 radical (unpaired) electrons. The van der Waals surface area contributed by atoms with Crippen LogP contribution >= 0.6 is 11.8 Å². The van der Waals surface area contributed by atoms with Gasteiger partial charge in [-0.25, -0.2) is 9.97 Å². The number of amides is 1. The summed E-state index contributed by atoms with van der Waals surface area (Å²) in [7, 11) is 0. The van der Waals surface area contributed by atoms with Crippen LogP contribution in [0.1, 0.15) is 25.7 Å². The Hall–Kier alpha value is -1.18. The Morgan fingerprint density at radius 1 is 1.17 bits per heavy atom. The fourth-order valence-electron chi connectivity index (χ4n) is 3.24. The van der Waals surface area contributed by atoms with Gasteiger partial charge in [-0.05, 0) is 38.4 Å². The Morgan fingerprint density at radius 3 is 2.75 bits per heavy atom. The summed E-state index contributed by atoms with van der Waals surface area (Å²) in [4.78, 5) is 25.3. The van der Waals surface area contributed by atoms with Gasteiger partial charge in [0.05, 0.1) is 11.9 Å². The van der Waals surface area contributed by atoms with Crippen molar-refractivity contribution >= 4 is 17.7 Å². The van der Waals surface area contributed by atoms with E-state index in [-0.39, 0.29) is 12.0 Å². The maximum absolute atomic E-state index is 12.5. The lowest BCUT2D eigenvalue weighted by atomic mass is 10.1. The van der Waals surface area contributed by atoms with Crippen molar-refractivity contribution in [2.24, 2.45) is 0 Å². The van der Waals surface area contributed by atoms with Crippen LogP contribution in [0, 0.1) is 0 Å². The van der Waals surface area contributed by atoms with Crippen LogP contribution in [0.5, 0.6) is 0 Å². The highest BCUT2D eigenvalue weighted by Crippen LogP contribution is 2.16. The van der Waals surface area contributed by atoms with Gasteiger partial charge in [0.2, 0.25) is 5.91 Å². The molecule has 0 aliphatic carbocycles. The molecule has 0 N–H and O–H groups in total. The van der Waals surface area contributed by atoms with Gasteiger partial charge in [-0.3, -0.25) is 4.79 Å². The molecule has 132 valence electrons. The molecule has 2 aliphatic heterocycles. The fourth-order valence-corrected chi connectivity index (χ4v) is 3.95. The summed E-state index contributed by atoms with van der Waals surface area (Å²) in [6.07, 6.45) is 8.35. The number of hydrogen-bond acceptors (Lipinski definition) is 6. The van der Waals surface area contributed by atoms with Gasteiger partial charge < -0.3 is 14.5 Å². The molecular weight excluding hydrogens is 324 g/mol. The predicted molar refractivity (Wildman–Crippen MR) is 94.0 cm³/mol. The quantitative estimate of drug-likeness (QED) is 0.595. The minimum absolute atomic E-state index is 0.132. The van der Waals surface area contributed by atoms with Crippen LogP contribution < -0.4 is 0 Å². The molecule has 0 saturated carbocycles. The number of rotatable bonds is 5. The normalized spacial score (nSPS) is 23.0. The van der Waals surface area contributed by atoms with Gasteiger partial charge >= 0.3 is 0 Å². The SMILES string of the molecule is O=C(CSc1ncccn1)N1CCCOC(CN2CCCCC2)C1. The highest BCUT2D eigenvalue weighted by molar-refractivity contribution is 7.99. The number of ether oxygens (including phenoxy) is 1. The van der Waals surface area contributed by atoms with Gasteiger partial charge in [-0.1, -0.05) is 18.2 Å². The molecular formula is C17H26N4O2S. The topological polar surface area (TPSA) is 58.6 Å². The summed E-state index contributed by atoms with van der Waals surface area (Å²) in [6.45, 7) is 5.50. The summed E-state index contributed by atoms with van der Waals surface area (Å²) >= 11 is 1.40. The van der Waals surface area contributed by atoms with E-state index < -0.39 is 0 Å². The van der Waals surface area contributed by atoms with Crippen LogP contribution in [-0.2, 0) is 9.53 Å². The molecule has 0 aromatic carbocycles. The molecule has 2 saturated heterocycles. The second-order valence-corrected chi connectivity index (χ2v) is 7.31. The highest BCUT2D eigenvalue weighted by atomic mass is 32.2. The van der Waals surface area contributed by atoms with Crippen LogP contribution in [0.4, 0.5) is 0 Å².